The quantitative estimate of drug-likeness (QED) is 0.361. The van der Waals surface area contributed by atoms with Crippen LogP contribution in [0.1, 0.15) is 33.1 Å². The van der Waals surface area contributed by atoms with Crippen molar-refractivity contribution in [1.29, 1.82) is 5.26 Å². The molecular weight excluding hydrogens is 241 g/mol. The van der Waals surface area contributed by atoms with E-state index in [-0.39, 0.29) is 6.35 Å². The second-order valence-corrected chi connectivity index (χ2v) is 5.28. The molecule has 0 radical (unpaired) electrons. The van der Waals surface area contributed by atoms with Crippen molar-refractivity contribution in [2.24, 2.45) is 0 Å². The summed E-state index contributed by atoms with van der Waals surface area (Å²) < 4.78 is 21.4. The van der Waals surface area contributed by atoms with E-state index in [1.165, 1.54) is 6.92 Å². The molecule has 0 heterocycles. The summed E-state index contributed by atoms with van der Waals surface area (Å²) in [7, 11) is -1.48. The number of carbonyl (C=O) groups excluding carboxylic acids is 1. The highest BCUT2D eigenvalue weighted by molar-refractivity contribution is 7.44. The van der Waals surface area contributed by atoms with Gasteiger partial charge in [-0.05, 0) is 6.42 Å². The van der Waals surface area contributed by atoms with Gasteiger partial charge in [-0.2, -0.15) is 5.26 Å². The van der Waals surface area contributed by atoms with Crippen molar-refractivity contribution in [1.82, 2.24) is 0 Å². The maximum Gasteiger partial charge on any atom is 0.367 e. The Bertz CT molecular complexity index is 288. The summed E-state index contributed by atoms with van der Waals surface area (Å²) in [6.07, 6.45) is 2.04. The third-order valence-electron chi connectivity index (χ3n) is 1.97. The SMILES string of the molecule is CCCCOC[P+](=O)CCC(C#N)OC(C)=O. The Hall–Kier alpha value is -0.980. The molecule has 0 aliphatic carbocycles. The van der Waals surface area contributed by atoms with Gasteiger partial charge >= 0.3 is 13.8 Å². The molecule has 2 unspecified atom stereocenters. The number of unbranched alkanes of at least 4 members (excludes halogenated alkanes) is 1. The first-order valence-corrected chi connectivity index (χ1v) is 7.29. The molecule has 0 spiro atoms. The average molecular weight is 260 g/mol. The molecule has 0 rings (SSSR count). The van der Waals surface area contributed by atoms with Crippen LogP contribution in [-0.4, -0.2) is 31.2 Å². The first kappa shape index (κ1) is 16.0. The van der Waals surface area contributed by atoms with E-state index in [9.17, 15) is 9.36 Å². The first-order valence-electron chi connectivity index (χ1n) is 5.66. The molecule has 0 saturated heterocycles. The van der Waals surface area contributed by atoms with E-state index in [0.717, 1.165) is 12.8 Å². The van der Waals surface area contributed by atoms with Crippen LogP contribution in [0, 0.1) is 11.3 Å². The van der Waals surface area contributed by atoms with Crippen molar-refractivity contribution >= 4 is 13.8 Å². The third kappa shape index (κ3) is 9.92. The van der Waals surface area contributed by atoms with Crippen molar-refractivity contribution in [3.05, 3.63) is 0 Å². The normalized spacial score (nSPS) is 12.6. The summed E-state index contributed by atoms with van der Waals surface area (Å²) in [6.45, 7) is 3.92. The van der Waals surface area contributed by atoms with Crippen LogP contribution in [0.4, 0.5) is 0 Å². The van der Waals surface area contributed by atoms with Gasteiger partial charge in [0.25, 0.3) is 0 Å². The van der Waals surface area contributed by atoms with Crippen molar-refractivity contribution in [2.75, 3.05) is 19.1 Å². The highest BCUT2D eigenvalue weighted by Crippen LogP contribution is 2.22. The number of carbonyl (C=O) groups is 1. The molecule has 0 amide bonds. The summed E-state index contributed by atoms with van der Waals surface area (Å²) in [5.41, 5.74) is 0. The van der Waals surface area contributed by atoms with E-state index in [4.69, 9.17) is 14.7 Å². The number of hydrogen-bond acceptors (Lipinski definition) is 5. The van der Waals surface area contributed by atoms with E-state index in [0.29, 0.717) is 19.2 Å². The Kier molecular flexibility index (Phi) is 9.60. The number of rotatable bonds is 9. The molecule has 0 aromatic heterocycles. The molecule has 0 fully saturated rings. The van der Waals surface area contributed by atoms with Crippen molar-refractivity contribution in [3.63, 3.8) is 0 Å². The summed E-state index contributed by atoms with van der Waals surface area (Å²) in [5, 5.41) is 8.68. The third-order valence-corrected chi connectivity index (χ3v) is 3.20. The first-order chi connectivity index (χ1) is 8.10. The molecule has 5 nitrogen and oxygen atoms in total. The number of nitrogens with zero attached hydrogens (tertiary/aromatic N) is 1. The van der Waals surface area contributed by atoms with Gasteiger partial charge in [0.05, 0.1) is 6.61 Å². The predicted octanol–water partition coefficient (Wildman–Crippen LogP) is 2.43. The number of esters is 1. The van der Waals surface area contributed by atoms with Crippen LogP contribution in [0.25, 0.3) is 0 Å². The van der Waals surface area contributed by atoms with Crippen molar-refractivity contribution < 1.29 is 18.8 Å². The fraction of sp³-hybridized carbons (Fsp3) is 0.818. The van der Waals surface area contributed by atoms with Crippen LogP contribution in [0.15, 0.2) is 0 Å². The standard InChI is InChI=1S/C11H19NO4P/c1-3-4-6-15-9-17(14)7-5-11(8-12)16-10(2)13/h11H,3-7,9H2,1-2H3/q+1. The van der Waals surface area contributed by atoms with Crippen LogP contribution < -0.4 is 0 Å². The van der Waals surface area contributed by atoms with E-state index in [1.54, 1.807) is 0 Å². The van der Waals surface area contributed by atoms with Crippen LogP contribution in [0.2, 0.25) is 0 Å². The van der Waals surface area contributed by atoms with Gasteiger partial charge in [-0.1, -0.05) is 17.9 Å². The number of nitriles is 1. The topological polar surface area (TPSA) is 76.4 Å². The largest absolute Gasteiger partial charge is 0.447 e. The molecule has 2 atom stereocenters. The number of hydrogen-bond donors (Lipinski definition) is 0. The van der Waals surface area contributed by atoms with Gasteiger partial charge in [-0.3, -0.25) is 4.79 Å². The van der Waals surface area contributed by atoms with E-state index in [1.807, 2.05) is 6.07 Å². The molecule has 0 N–H and O–H groups in total. The number of ether oxygens (including phenoxy) is 2. The maximum absolute atomic E-state index is 11.5. The van der Waals surface area contributed by atoms with Gasteiger partial charge in [-0.25, -0.2) is 0 Å². The molecule has 0 aliphatic rings. The molecule has 6 heteroatoms. The summed E-state index contributed by atoms with van der Waals surface area (Å²) in [6, 6.07) is 1.85. The second kappa shape index (κ2) is 10.2. The average Bonchev–Trinajstić information content (AvgIpc) is 2.29. The maximum atomic E-state index is 11.5. The van der Waals surface area contributed by atoms with Crippen LogP contribution in [0.5, 0.6) is 0 Å². The van der Waals surface area contributed by atoms with Crippen molar-refractivity contribution in [3.8, 4) is 6.07 Å². The zero-order chi connectivity index (χ0) is 13.1. The minimum absolute atomic E-state index is 0.216. The Morgan fingerprint density at radius 3 is 2.76 bits per heavy atom. The zero-order valence-corrected chi connectivity index (χ0v) is 11.2. The summed E-state index contributed by atoms with van der Waals surface area (Å²) in [5.74, 6) is -0.494. The summed E-state index contributed by atoms with van der Waals surface area (Å²) in [4.78, 5) is 10.6. The lowest BCUT2D eigenvalue weighted by Gasteiger charge is -2.05. The van der Waals surface area contributed by atoms with E-state index >= 15 is 0 Å². The highest BCUT2D eigenvalue weighted by atomic mass is 31.1. The van der Waals surface area contributed by atoms with Crippen molar-refractivity contribution in [2.45, 2.75) is 39.2 Å². The molecular formula is C11H19NO4P+. The second-order valence-electron chi connectivity index (χ2n) is 3.61. The Morgan fingerprint density at radius 1 is 1.53 bits per heavy atom. The molecule has 17 heavy (non-hydrogen) atoms. The summed E-state index contributed by atoms with van der Waals surface area (Å²) >= 11 is 0. The molecule has 0 aliphatic heterocycles. The Balaban J connectivity index is 3.67. The molecule has 0 aromatic carbocycles. The van der Waals surface area contributed by atoms with E-state index in [2.05, 4.69) is 6.92 Å². The molecule has 96 valence electrons. The molecule has 0 aromatic rings. The van der Waals surface area contributed by atoms with Gasteiger partial charge in [0.1, 0.15) is 6.07 Å². The minimum atomic E-state index is -1.48. The van der Waals surface area contributed by atoms with Gasteiger partial charge in [0.15, 0.2) is 12.3 Å². The van der Waals surface area contributed by atoms with Gasteiger partial charge in [0, 0.05) is 13.3 Å². The molecule has 0 saturated carbocycles. The lowest BCUT2D eigenvalue weighted by Crippen LogP contribution is -2.15. The highest BCUT2D eigenvalue weighted by Gasteiger charge is 2.20. The molecule has 0 bridgehead atoms. The van der Waals surface area contributed by atoms with Crippen LogP contribution >= 0.6 is 7.80 Å². The minimum Gasteiger partial charge on any atom is -0.447 e. The monoisotopic (exact) mass is 260 g/mol. The fourth-order valence-corrected chi connectivity index (χ4v) is 2.07. The van der Waals surface area contributed by atoms with Gasteiger partial charge in [-0.15, -0.1) is 0 Å². The van der Waals surface area contributed by atoms with Gasteiger partial charge in [0.2, 0.25) is 6.35 Å². The van der Waals surface area contributed by atoms with Gasteiger partial charge < -0.3 is 9.47 Å². The smallest absolute Gasteiger partial charge is 0.367 e. The zero-order valence-electron chi connectivity index (χ0n) is 10.3. The lowest BCUT2D eigenvalue weighted by molar-refractivity contribution is -0.143. The Morgan fingerprint density at radius 2 is 2.24 bits per heavy atom. The fourth-order valence-electron chi connectivity index (χ4n) is 1.09. The van der Waals surface area contributed by atoms with Crippen LogP contribution in [0.3, 0.4) is 0 Å². The van der Waals surface area contributed by atoms with E-state index < -0.39 is 19.9 Å². The Labute approximate surface area is 103 Å². The lowest BCUT2D eigenvalue weighted by atomic mass is 10.3. The van der Waals surface area contributed by atoms with Crippen LogP contribution in [-0.2, 0) is 18.8 Å². The predicted molar refractivity (Wildman–Crippen MR) is 64.0 cm³/mol.